The Morgan fingerprint density at radius 1 is 1.55 bits per heavy atom. The monoisotopic (exact) mass is 316 g/mol. The summed E-state index contributed by atoms with van der Waals surface area (Å²) in [5.74, 6) is -1.04. The van der Waals surface area contributed by atoms with Crippen molar-refractivity contribution < 1.29 is 13.9 Å². The predicted octanol–water partition coefficient (Wildman–Crippen LogP) is 2.65. The summed E-state index contributed by atoms with van der Waals surface area (Å²) in [7, 11) is 0. The number of nitriles is 1. The van der Waals surface area contributed by atoms with Crippen molar-refractivity contribution in [2.45, 2.75) is 6.92 Å². The number of aromatic nitrogens is 3. The molecule has 0 saturated carbocycles. The van der Waals surface area contributed by atoms with Gasteiger partial charge in [0.15, 0.2) is 11.4 Å². The summed E-state index contributed by atoms with van der Waals surface area (Å²) in [5.41, 5.74) is 0.526. The topological polar surface area (TPSA) is 80.3 Å². The van der Waals surface area contributed by atoms with Crippen molar-refractivity contribution in [1.82, 2.24) is 14.6 Å². The highest BCUT2D eigenvalue weighted by Crippen LogP contribution is 2.27. The van der Waals surface area contributed by atoms with E-state index in [2.05, 4.69) is 10.1 Å². The summed E-state index contributed by atoms with van der Waals surface area (Å²) in [5, 5.41) is 14.0. The van der Waals surface area contributed by atoms with Crippen LogP contribution < -0.4 is 0 Å². The van der Waals surface area contributed by atoms with Crippen LogP contribution in [0, 0.1) is 17.1 Å². The van der Waals surface area contributed by atoms with E-state index >= 15 is 0 Å². The molecule has 8 heteroatoms. The lowest BCUT2D eigenvalue weighted by atomic mass is 10.2. The molecule has 2 aromatic heterocycles. The minimum absolute atomic E-state index is 0.00681. The van der Waals surface area contributed by atoms with Crippen LogP contribution in [0.3, 0.4) is 0 Å². The molecule has 3 aromatic rings. The second kappa shape index (κ2) is 5.54. The van der Waals surface area contributed by atoms with Gasteiger partial charge in [0.05, 0.1) is 6.61 Å². The Kier molecular flexibility index (Phi) is 3.56. The van der Waals surface area contributed by atoms with E-state index in [1.54, 1.807) is 19.1 Å². The van der Waals surface area contributed by atoms with E-state index in [4.69, 9.17) is 4.74 Å². The van der Waals surface area contributed by atoms with E-state index in [-0.39, 0.29) is 23.8 Å². The molecule has 0 aliphatic heterocycles. The number of hydrogen-bond donors (Lipinski definition) is 0. The molecule has 0 fully saturated rings. The average molecular weight is 316 g/mol. The van der Waals surface area contributed by atoms with Crippen LogP contribution in [0.5, 0.6) is 0 Å². The van der Waals surface area contributed by atoms with Crippen LogP contribution in [-0.4, -0.2) is 27.2 Å². The fraction of sp³-hybridized carbons (Fsp3) is 0.143. The Hall–Kier alpha value is -2.79. The van der Waals surface area contributed by atoms with Gasteiger partial charge < -0.3 is 4.74 Å². The lowest BCUT2D eigenvalue weighted by Crippen LogP contribution is -2.07. The van der Waals surface area contributed by atoms with Gasteiger partial charge in [-0.15, -0.1) is 0 Å². The van der Waals surface area contributed by atoms with Crippen LogP contribution in [0.1, 0.15) is 23.1 Å². The molecule has 0 N–H and O–H groups in total. The molecule has 22 heavy (non-hydrogen) atoms. The van der Waals surface area contributed by atoms with Gasteiger partial charge in [-0.25, -0.2) is 14.2 Å². The molecule has 0 aliphatic carbocycles. The van der Waals surface area contributed by atoms with Gasteiger partial charge in [0.25, 0.3) is 0 Å². The Labute approximate surface area is 128 Å². The van der Waals surface area contributed by atoms with Gasteiger partial charge in [0.2, 0.25) is 4.96 Å². The van der Waals surface area contributed by atoms with Gasteiger partial charge in [-0.3, -0.25) is 0 Å². The molecule has 0 amide bonds. The molecule has 0 unspecified atom stereocenters. The van der Waals surface area contributed by atoms with Crippen LogP contribution in [0.4, 0.5) is 4.39 Å². The zero-order valence-electron chi connectivity index (χ0n) is 11.4. The van der Waals surface area contributed by atoms with Crippen LogP contribution in [0.15, 0.2) is 24.3 Å². The summed E-state index contributed by atoms with van der Waals surface area (Å²) in [6, 6.07) is 7.86. The molecule has 0 bridgehead atoms. The Morgan fingerprint density at radius 2 is 2.36 bits per heavy atom. The number of fused-ring (bicyclic) bond motifs is 1. The molecular weight excluding hydrogens is 307 g/mol. The third-order valence-corrected chi connectivity index (χ3v) is 3.81. The highest BCUT2D eigenvalue weighted by atomic mass is 32.1. The molecule has 0 atom stereocenters. The number of hydrogen-bond acceptors (Lipinski definition) is 6. The predicted molar refractivity (Wildman–Crippen MR) is 76.9 cm³/mol. The normalized spacial score (nSPS) is 10.6. The average Bonchev–Trinajstić information content (AvgIpc) is 3.04. The van der Waals surface area contributed by atoms with Crippen molar-refractivity contribution >= 4 is 22.3 Å². The van der Waals surface area contributed by atoms with Crippen molar-refractivity contribution in [3.63, 3.8) is 0 Å². The van der Waals surface area contributed by atoms with Crippen LogP contribution in [0.2, 0.25) is 0 Å². The van der Waals surface area contributed by atoms with Gasteiger partial charge >= 0.3 is 5.97 Å². The van der Waals surface area contributed by atoms with E-state index in [1.807, 2.05) is 6.07 Å². The standard InChI is InChI=1S/C14H9FN4O2S/c1-2-21-13(20)11-10(7-16)19-14(17-11)22-12(18-19)8-4-3-5-9(15)6-8/h3-6H,2H2,1H3. The smallest absolute Gasteiger partial charge is 0.360 e. The van der Waals surface area contributed by atoms with E-state index in [9.17, 15) is 14.4 Å². The maximum absolute atomic E-state index is 13.3. The minimum Gasteiger partial charge on any atom is -0.461 e. The number of rotatable bonds is 3. The van der Waals surface area contributed by atoms with Crippen LogP contribution in [-0.2, 0) is 4.74 Å². The van der Waals surface area contributed by atoms with Crippen molar-refractivity contribution in [3.05, 3.63) is 41.5 Å². The maximum atomic E-state index is 13.3. The maximum Gasteiger partial charge on any atom is 0.360 e. The number of benzene rings is 1. The first kappa shape index (κ1) is 14.2. The van der Waals surface area contributed by atoms with Crippen molar-refractivity contribution in [2.24, 2.45) is 0 Å². The number of carbonyl (C=O) groups excluding carboxylic acids is 1. The first-order valence-corrected chi connectivity index (χ1v) is 7.18. The number of halogens is 1. The number of imidazole rings is 1. The quantitative estimate of drug-likeness (QED) is 0.694. The summed E-state index contributed by atoms with van der Waals surface area (Å²) < 4.78 is 19.4. The Balaban J connectivity index is 2.11. The number of carbonyl (C=O) groups is 1. The molecule has 0 spiro atoms. The SMILES string of the molecule is CCOC(=O)c1nc2sc(-c3cccc(F)c3)nn2c1C#N. The molecule has 1 aromatic carbocycles. The molecular formula is C14H9FN4O2S. The fourth-order valence-electron chi connectivity index (χ4n) is 1.93. The van der Waals surface area contributed by atoms with Gasteiger partial charge in [0.1, 0.15) is 16.9 Å². The zero-order valence-corrected chi connectivity index (χ0v) is 12.2. The Bertz CT molecular complexity index is 909. The zero-order chi connectivity index (χ0) is 15.7. The second-order valence-electron chi connectivity index (χ2n) is 4.25. The van der Waals surface area contributed by atoms with E-state index in [1.165, 1.54) is 16.6 Å². The number of nitrogens with zero attached hydrogens (tertiary/aromatic N) is 4. The van der Waals surface area contributed by atoms with E-state index < -0.39 is 5.97 Å². The minimum atomic E-state index is -0.663. The second-order valence-corrected chi connectivity index (χ2v) is 5.21. The molecule has 0 saturated heterocycles. The third-order valence-electron chi connectivity index (χ3n) is 2.85. The first-order chi connectivity index (χ1) is 10.6. The highest BCUT2D eigenvalue weighted by molar-refractivity contribution is 7.19. The summed E-state index contributed by atoms with van der Waals surface area (Å²) >= 11 is 1.16. The van der Waals surface area contributed by atoms with Crippen molar-refractivity contribution in [3.8, 4) is 16.6 Å². The number of esters is 1. The molecule has 2 heterocycles. The molecule has 6 nitrogen and oxygen atoms in total. The van der Waals surface area contributed by atoms with Gasteiger partial charge in [-0.2, -0.15) is 14.9 Å². The lowest BCUT2D eigenvalue weighted by Gasteiger charge is -1.98. The largest absolute Gasteiger partial charge is 0.461 e. The molecule has 0 radical (unpaired) electrons. The third kappa shape index (κ3) is 2.31. The summed E-state index contributed by atoms with van der Waals surface area (Å²) in [6.07, 6.45) is 0. The number of ether oxygens (including phenoxy) is 1. The lowest BCUT2D eigenvalue weighted by molar-refractivity contribution is 0.0520. The van der Waals surface area contributed by atoms with E-state index in [0.29, 0.717) is 15.5 Å². The van der Waals surface area contributed by atoms with Gasteiger partial charge in [0, 0.05) is 5.56 Å². The molecule has 0 aliphatic rings. The van der Waals surface area contributed by atoms with Crippen LogP contribution in [0.25, 0.3) is 15.5 Å². The van der Waals surface area contributed by atoms with Gasteiger partial charge in [-0.1, -0.05) is 23.5 Å². The van der Waals surface area contributed by atoms with Crippen LogP contribution >= 0.6 is 11.3 Å². The summed E-state index contributed by atoms with van der Waals surface area (Å²) in [4.78, 5) is 16.2. The van der Waals surface area contributed by atoms with Crippen molar-refractivity contribution in [1.29, 1.82) is 5.26 Å². The molecule has 110 valence electrons. The fourth-order valence-corrected chi connectivity index (χ4v) is 2.82. The molecule has 3 rings (SSSR count). The Morgan fingerprint density at radius 3 is 3.05 bits per heavy atom. The first-order valence-electron chi connectivity index (χ1n) is 6.36. The van der Waals surface area contributed by atoms with Crippen molar-refractivity contribution in [2.75, 3.05) is 6.61 Å². The van der Waals surface area contributed by atoms with E-state index in [0.717, 1.165) is 11.3 Å². The van der Waals surface area contributed by atoms with Gasteiger partial charge in [-0.05, 0) is 19.1 Å². The highest BCUT2D eigenvalue weighted by Gasteiger charge is 2.23. The summed E-state index contributed by atoms with van der Waals surface area (Å²) in [6.45, 7) is 1.86.